The predicted octanol–water partition coefficient (Wildman–Crippen LogP) is -6.48. The van der Waals surface area contributed by atoms with Gasteiger partial charge in [0.15, 0.2) is 0 Å². The summed E-state index contributed by atoms with van der Waals surface area (Å²) >= 11 is 0. The summed E-state index contributed by atoms with van der Waals surface area (Å²) in [5, 5.41) is 18.6. The first-order valence-corrected chi connectivity index (χ1v) is 2.99. The van der Waals surface area contributed by atoms with Crippen molar-refractivity contribution >= 4 is 0 Å². The largest absolute Gasteiger partial charge is 1.00 e. The van der Waals surface area contributed by atoms with Gasteiger partial charge in [-0.05, 0) is 0 Å². The van der Waals surface area contributed by atoms with Crippen LogP contribution in [0.15, 0.2) is 0 Å². The minimum atomic E-state index is 0. The molecule has 0 fully saturated rings. The summed E-state index contributed by atoms with van der Waals surface area (Å²) < 4.78 is 0. The van der Waals surface area contributed by atoms with Gasteiger partial charge in [-0.25, -0.2) is 0 Å². The minimum Gasteiger partial charge on any atom is -0.854 e. The molecule has 0 radical (unpaired) electrons. The molecule has 10 heavy (non-hydrogen) atoms. The van der Waals surface area contributed by atoms with Crippen LogP contribution in [0, 0.1) is 0 Å². The SMILES string of the molecule is CCC[O-].CCC[O-].[K+].[K+]. The molecule has 0 aliphatic heterocycles. The van der Waals surface area contributed by atoms with E-state index in [4.69, 9.17) is 0 Å². The maximum Gasteiger partial charge on any atom is 1.00 e. The average Bonchev–Trinajstić information content (AvgIpc) is 1.88. The Bertz CT molecular complexity index is 21.7. The molecule has 0 atom stereocenters. The van der Waals surface area contributed by atoms with Crippen molar-refractivity contribution in [3.63, 3.8) is 0 Å². The summed E-state index contributed by atoms with van der Waals surface area (Å²) in [6.45, 7) is 3.88. The van der Waals surface area contributed by atoms with Crippen molar-refractivity contribution in [1.29, 1.82) is 0 Å². The Hall–Kier alpha value is 3.19. The van der Waals surface area contributed by atoms with Gasteiger partial charge in [-0.2, -0.15) is 0 Å². The molecule has 0 amide bonds. The zero-order valence-electron chi connectivity index (χ0n) is 7.64. The maximum atomic E-state index is 9.30. The fraction of sp³-hybridized carbons (Fsp3) is 1.00. The Balaban J connectivity index is -0.0000000300. The number of rotatable bonds is 2. The minimum absolute atomic E-state index is 0. The van der Waals surface area contributed by atoms with Crippen molar-refractivity contribution in [3.05, 3.63) is 0 Å². The van der Waals surface area contributed by atoms with Gasteiger partial charge in [0, 0.05) is 0 Å². The van der Waals surface area contributed by atoms with Crippen LogP contribution in [0.1, 0.15) is 26.7 Å². The quantitative estimate of drug-likeness (QED) is 0.412. The van der Waals surface area contributed by atoms with Crippen molar-refractivity contribution in [1.82, 2.24) is 0 Å². The van der Waals surface area contributed by atoms with Gasteiger partial charge >= 0.3 is 103 Å². The normalized spacial score (nSPS) is 6.00. The van der Waals surface area contributed by atoms with E-state index in [0.29, 0.717) is 0 Å². The molecule has 52 valence electrons. The van der Waals surface area contributed by atoms with E-state index in [2.05, 4.69) is 0 Å². The van der Waals surface area contributed by atoms with Gasteiger partial charge < -0.3 is 10.2 Å². The zero-order valence-corrected chi connectivity index (χ0v) is 13.9. The first-order valence-electron chi connectivity index (χ1n) is 2.99. The smallest absolute Gasteiger partial charge is 0.854 e. The second kappa shape index (κ2) is 29.5. The summed E-state index contributed by atoms with van der Waals surface area (Å²) in [6, 6.07) is 0. The van der Waals surface area contributed by atoms with E-state index >= 15 is 0 Å². The van der Waals surface area contributed by atoms with E-state index in [1.807, 2.05) is 13.8 Å². The Morgan fingerprint density at radius 3 is 0.900 bits per heavy atom. The Kier molecular flexibility index (Phi) is 68.5. The molecule has 0 saturated heterocycles. The first-order chi connectivity index (χ1) is 3.83. The molecule has 0 N–H and O–H groups in total. The molecule has 4 heteroatoms. The standard InChI is InChI=1S/2C3H7O.2K/c2*1-2-3-4;;/h2*2-3H2,1H3;;/q2*-1;2*+1. The van der Waals surface area contributed by atoms with Gasteiger partial charge in [0.2, 0.25) is 0 Å². The monoisotopic (exact) mass is 196 g/mol. The van der Waals surface area contributed by atoms with E-state index in [-0.39, 0.29) is 116 Å². The van der Waals surface area contributed by atoms with Crippen molar-refractivity contribution in [2.75, 3.05) is 13.2 Å². The van der Waals surface area contributed by atoms with Crippen LogP contribution in [0.4, 0.5) is 0 Å². The zero-order chi connectivity index (χ0) is 6.83. The van der Waals surface area contributed by atoms with Crippen LogP contribution in [0.25, 0.3) is 0 Å². The van der Waals surface area contributed by atoms with E-state index in [9.17, 15) is 10.2 Å². The van der Waals surface area contributed by atoms with E-state index in [0.717, 1.165) is 12.8 Å². The molecule has 0 aliphatic carbocycles. The van der Waals surface area contributed by atoms with E-state index in [1.54, 1.807) is 0 Å². The molecule has 0 spiro atoms. The molecule has 0 unspecified atom stereocenters. The van der Waals surface area contributed by atoms with Crippen molar-refractivity contribution < 1.29 is 113 Å². The molecule has 0 heterocycles. The fourth-order valence-corrected chi connectivity index (χ4v) is 0. The molecule has 0 aliphatic rings. The molecular weight excluding hydrogens is 182 g/mol. The second-order valence-electron chi connectivity index (χ2n) is 1.41. The molecule has 0 rings (SSSR count). The van der Waals surface area contributed by atoms with E-state index < -0.39 is 0 Å². The van der Waals surface area contributed by atoms with Crippen molar-refractivity contribution in [2.45, 2.75) is 26.7 Å². The van der Waals surface area contributed by atoms with Crippen LogP contribution in [-0.4, -0.2) is 13.2 Å². The fourth-order valence-electron chi connectivity index (χ4n) is 0. The number of hydrogen-bond donors (Lipinski definition) is 0. The van der Waals surface area contributed by atoms with Crippen LogP contribution >= 0.6 is 0 Å². The molecule has 0 aromatic rings. The molecule has 0 saturated carbocycles. The Labute approximate surface area is 149 Å². The van der Waals surface area contributed by atoms with Crippen LogP contribution in [0.5, 0.6) is 0 Å². The molecular formula is C6H14K2O2. The molecule has 0 aromatic carbocycles. The van der Waals surface area contributed by atoms with Gasteiger partial charge in [-0.3, -0.25) is 0 Å². The van der Waals surface area contributed by atoms with Gasteiger partial charge in [-0.15, -0.1) is 13.2 Å². The van der Waals surface area contributed by atoms with Crippen molar-refractivity contribution in [3.8, 4) is 0 Å². The van der Waals surface area contributed by atoms with E-state index in [1.165, 1.54) is 0 Å². The summed E-state index contributed by atoms with van der Waals surface area (Å²) in [5.74, 6) is 0. The van der Waals surface area contributed by atoms with Crippen LogP contribution in [0.3, 0.4) is 0 Å². The van der Waals surface area contributed by atoms with Gasteiger partial charge in [-0.1, -0.05) is 26.7 Å². The van der Waals surface area contributed by atoms with Gasteiger partial charge in [0.05, 0.1) is 0 Å². The Morgan fingerprint density at radius 2 is 0.900 bits per heavy atom. The van der Waals surface area contributed by atoms with Crippen molar-refractivity contribution in [2.24, 2.45) is 0 Å². The third-order valence-electron chi connectivity index (χ3n) is 0.408. The molecule has 2 nitrogen and oxygen atoms in total. The summed E-state index contributed by atoms with van der Waals surface area (Å²) in [5.41, 5.74) is 0. The van der Waals surface area contributed by atoms with Crippen LogP contribution in [0.2, 0.25) is 0 Å². The first kappa shape index (κ1) is 23.2. The van der Waals surface area contributed by atoms with Gasteiger partial charge in [0.25, 0.3) is 0 Å². The van der Waals surface area contributed by atoms with Crippen LogP contribution < -0.4 is 113 Å². The Morgan fingerprint density at radius 1 is 0.800 bits per heavy atom. The third kappa shape index (κ3) is 43.1. The third-order valence-corrected chi connectivity index (χ3v) is 0.408. The topological polar surface area (TPSA) is 46.1 Å². The molecule has 0 bridgehead atoms. The predicted molar refractivity (Wildman–Crippen MR) is 30.3 cm³/mol. The average molecular weight is 196 g/mol. The summed E-state index contributed by atoms with van der Waals surface area (Å²) in [4.78, 5) is 0. The number of hydrogen-bond acceptors (Lipinski definition) is 2. The molecule has 0 aromatic heterocycles. The van der Waals surface area contributed by atoms with Crippen LogP contribution in [-0.2, 0) is 0 Å². The van der Waals surface area contributed by atoms with Gasteiger partial charge in [0.1, 0.15) is 0 Å². The second-order valence-corrected chi connectivity index (χ2v) is 1.41. The maximum absolute atomic E-state index is 9.30. The summed E-state index contributed by atoms with van der Waals surface area (Å²) in [6.07, 6.45) is 1.53. The summed E-state index contributed by atoms with van der Waals surface area (Å²) in [7, 11) is 0.